The molecule has 2 rings (SSSR count). The van der Waals surface area contributed by atoms with Gasteiger partial charge in [-0.15, -0.1) is 0 Å². The van der Waals surface area contributed by atoms with Crippen molar-refractivity contribution in [2.75, 3.05) is 0 Å². The van der Waals surface area contributed by atoms with Crippen molar-refractivity contribution in [3.63, 3.8) is 0 Å². The van der Waals surface area contributed by atoms with E-state index in [0.29, 0.717) is 5.92 Å². The minimum absolute atomic E-state index is 0.129. The summed E-state index contributed by atoms with van der Waals surface area (Å²) >= 11 is 0. The number of hydrogen-bond acceptors (Lipinski definition) is 1. The fourth-order valence-electron chi connectivity index (χ4n) is 1.50. The number of carbonyl (C=O) groups excluding carboxylic acids is 1. The van der Waals surface area contributed by atoms with Crippen LogP contribution in [0.15, 0.2) is 30.3 Å². The van der Waals surface area contributed by atoms with E-state index >= 15 is 0 Å². The molecule has 0 heterocycles. The predicted octanol–water partition coefficient (Wildman–Crippen LogP) is 2.27. The molecule has 1 saturated carbocycles. The van der Waals surface area contributed by atoms with Gasteiger partial charge in [0, 0.05) is 5.92 Å². The monoisotopic (exact) mass is 189 g/mol. The molecular formula is C12H15NO. The maximum atomic E-state index is 11.5. The number of carbonyl (C=O) groups is 1. The second-order valence-electron chi connectivity index (χ2n) is 3.92. The van der Waals surface area contributed by atoms with Crippen molar-refractivity contribution >= 4 is 5.91 Å². The van der Waals surface area contributed by atoms with E-state index in [2.05, 4.69) is 5.32 Å². The molecule has 1 aromatic carbocycles. The van der Waals surface area contributed by atoms with Gasteiger partial charge in [-0.2, -0.15) is 0 Å². The first-order valence-electron chi connectivity index (χ1n) is 5.12. The Morgan fingerprint density at radius 3 is 2.57 bits per heavy atom. The fourth-order valence-corrected chi connectivity index (χ4v) is 1.50. The zero-order valence-electron chi connectivity index (χ0n) is 8.36. The minimum atomic E-state index is 0.129. The highest BCUT2D eigenvalue weighted by Crippen LogP contribution is 2.29. The summed E-state index contributed by atoms with van der Waals surface area (Å²) in [5.41, 5.74) is 1.17. The van der Waals surface area contributed by atoms with Crippen LogP contribution in [0, 0.1) is 5.92 Å². The molecule has 1 N–H and O–H groups in total. The second kappa shape index (κ2) is 3.82. The lowest BCUT2D eigenvalue weighted by atomic mass is 10.1. The molecule has 1 aliphatic rings. The van der Waals surface area contributed by atoms with Gasteiger partial charge in [-0.25, -0.2) is 0 Å². The lowest BCUT2D eigenvalue weighted by molar-refractivity contribution is -0.122. The Labute approximate surface area is 84.3 Å². The maximum absolute atomic E-state index is 11.5. The Balaban J connectivity index is 1.95. The van der Waals surface area contributed by atoms with Crippen LogP contribution < -0.4 is 5.32 Å². The summed E-state index contributed by atoms with van der Waals surface area (Å²) in [7, 11) is 0. The van der Waals surface area contributed by atoms with E-state index in [4.69, 9.17) is 0 Å². The van der Waals surface area contributed by atoms with Crippen LogP contribution in [-0.2, 0) is 4.79 Å². The van der Waals surface area contributed by atoms with E-state index in [9.17, 15) is 4.79 Å². The molecule has 2 heteroatoms. The number of hydrogen-bond donors (Lipinski definition) is 1. The summed E-state index contributed by atoms with van der Waals surface area (Å²) in [6, 6.07) is 10.2. The van der Waals surface area contributed by atoms with Crippen molar-refractivity contribution in [3.8, 4) is 0 Å². The summed E-state index contributed by atoms with van der Waals surface area (Å²) in [5.74, 6) is 0.502. The van der Waals surface area contributed by atoms with Crippen LogP contribution in [0.4, 0.5) is 0 Å². The summed E-state index contributed by atoms with van der Waals surface area (Å²) in [5, 5.41) is 3.02. The van der Waals surface area contributed by atoms with Gasteiger partial charge in [0.2, 0.25) is 5.91 Å². The van der Waals surface area contributed by atoms with Gasteiger partial charge in [-0.05, 0) is 25.3 Å². The van der Waals surface area contributed by atoms with Gasteiger partial charge in [-0.3, -0.25) is 4.79 Å². The molecular weight excluding hydrogens is 174 g/mol. The van der Waals surface area contributed by atoms with Gasteiger partial charge in [0.15, 0.2) is 0 Å². The standard InChI is InChI=1S/C12H15NO/c1-9(10-5-3-2-4-6-10)13-12(14)11-7-8-11/h2-6,9,11H,7-8H2,1H3,(H,13,14)/t9-/m1/s1. The molecule has 0 aromatic heterocycles. The molecule has 0 spiro atoms. The van der Waals surface area contributed by atoms with Crippen LogP contribution in [0.2, 0.25) is 0 Å². The largest absolute Gasteiger partial charge is 0.349 e. The molecule has 0 radical (unpaired) electrons. The average molecular weight is 189 g/mol. The van der Waals surface area contributed by atoms with E-state index in [0.717, 1.165) is 12.8 Å². The van der Waals surface area contributed by atoms with Gasteiger partial charge in [0.25, 0.3) is 0 Å². The van der Waals surface area contributed by atoms with Crippen LogP contribution in [0.1, 0.15) is 31.4 Å². The lowest BCUT2D eigenvalue weighted by Crippen LogP contribution is -2.27. The molecule has 74 valence electrons. The number of rotatable bonds is 3. The minimum Gasteiger partial charge on any atom is -0.349 e. The van der Waals surface area contributed by atoms with Gasteiger partial charge in [0.1, 0.15) is 0 Å². The molecule has 2 nitrogen and oxygen atoms in total. The van der Waals surface area contributed by atoms with Crippen molar-refractivity contribution in [1.29, 1.82) is 0 Å². The Morgan fingerprint density at radius 2 is 2.00 bits per heavy atom. The van der Waals surface area contributed by atoms with Crippen molar-refractivity contribution in [1.82, 2.24) is 5.32 Å². The smallest absolute Gasteiger partial charge is 0.223 e. The normalized spacial score (nSPS) is 17.5. The number of amides is 1. The molecule has 1 atom stereocenters. The van der Waals surface area contributed by atoms with Crippen molar-refractivity contribution in [2.45, 2.75) is 25.8 Å². The van der Waals surface area contributed by atoms with Crippen LogP contribution in [0.5, 0.6) is 0 Å². The summed E-state index contributed by atoms with van der Waals surface area (Å²) in [4.78, 5) is 11.5. The van der Waals surface area contributed by atoms with Crippen LogP contribution >= 0.6 is 0 Å². The first-order chi connectivity index (χ1) is 6.77. The first-order valence-corrected chi connectivity index (χ1v) is 5.12. The maximum Gasteiger partial charge on any atom is 0.223 e. The Hall–Kier alpha value is -1.31. The van der Waals surface area contributed by atoms with Gasteiger partial charge >= 0.3 is 0 Å². The third kappa shape index (κ3) is 2.13. The third-order valence-corrected chi connectivity index (χ3v) is 2.61. The Bertz CT molecular complexity index is 316. The van der Waals surface area contributed by atoms with E-state index in [-0.39, 0.29) is 11.9 Å². The third-order valence-electron chi connectivity index (χ3n) is 2.61. The number of benzene rings is 1. The zero-order valence-corrected chi connectivity index (χ0v) is 8.36. The van der Waals surface area contributed by atoms with E-state index in [1.165, 1.54) is 5.56 Å². The SMILES string of the molecule is C[C@@H](NC(=O)C1CC1)c1ccccc1. The second-order valence-corrected chi connectivity index (χ2v) is 3.92. The summed E-state index contributed by atoms with van der Waals surface area (Å²) in [6.07, 6.45) is 2.13. The predicted molar refractivity (Wildman–Crippen MR) is 55.7 cm³/mol. The topological polar surface area (TPSA) is 29.1 Å². The van der Waals surface area contributed by atoms with Crippen LogP contribution in [0.25, 0.3) is 0 Å². The van der Waals surface area contributed by atoms with E-state index in [1.54, 1.807) is 0 Å². The van der Waals surface area contributed by atoms with Crippen molar-refractivity contribution < 1.29 is 4.79 Å². The van der Waals surface area contributed by atoms with Gasteiger partial charge in [-0.1, -0.05) is 30.3 Å². The van der Waals surface area contributed by atoms with Crippen LogP contribution in [0.3, 0.4) is 0 Å². The van der Waals surface area contributed by atoms with Gasteiger partial charge in [0.05, 0.1) is 6.04 Å². The average Bonchev–Trinajstić information content (AvgIpc) is 3.02. The molecule has 0 saturated heterocycles. The molecule has 14 heavy (non-hydrogen) atoms. The number of nitrogens with one attached hydrogen (secondary N) is 1. The first kappa shape index (κ1) is 9.25. The highest BCUT2D eigenvalue weighted by atomic mass is 16.2. The van der Waals surface area contributed by atoms with Crippen LogP contribution in [-0.4, -0.2) is 5.91 Å². The highest BCUT2D eigenvalue weighted by molar-refractivity contribution is 5.81. The fraction of sp³-hybridized carbons (Fsp3) is 0.417. The van der Waals surface area contributed by atoms with Crippen molar-refractivity contribution in [2.24, 2.45) is 5.92 Å². The van der Waals surface area contributed by atoms with E-state index < -0.39 is 0 Å². The Kier molecular flexibility index (Phi) is 2.53. The summed E-state index contributed by atoms with van der Waals surface area (Å²) in [6.45, 7) is 2.02. The molecule has 1 aromatic rings. The van der Waals surface area contributed by atoms with Gasteiger partial charge < -0.3 is 5.32 Å². The molecule has 1 aliphatic carbocycles. The molecule has 1 amide bonds. The molecule has 0 unspecified atom stereocenters. The zero-order chi connectivity index (χ0) is 9.97. The summed E-state index contributed by atoms with van der Waals surface area (Å²) < 4.78 is 0. The highest BCUT2D eigenvalue weighted by Gasteiger charge is 2.30. The molecule has 0 aliphatic heterocycles. The van der Waals surface area contributed by atoms with E-state index in [1.807, 2.05) is 37.3 Å². The van der Waals surface area contributed by atoms with Crippen molar-refractivity contribution in [3.05, 3.63) is 35.9 Å². The Morgan fingerprint density at radius 1 is 1.36 bits per heavy atom. The molecule has 0 bridgehead atoms. The quantitative estimate of drug-likeness (QED) is 0.776. The lowest BCUT2D eigenvalue weighted by Gasteiger charge is -2.13. The molecule has 1 fully saturated rings.